The number of fused-ring (bicyclic) bond motifs is 2. The van der Waals surface area contributed by atoms with Crippen molar-refractivity contribution in [1.29, 1.82) is 0 Å². The average Bonchev–Trinajstić information content (AvgIpc) is 3.38. The van der Waals surface area contributed by atoms with Gasteiger partial charge in [-0.1, -0.05) is 6.07 Å². The third-order valence-electron chi connectivity index (χ3n) is 6.64. The molecule has 7 nitrogen and oxygen atoms in total. The molecule has 4 aromatic rings. The second-order valence-electron chi connectivity index (χ2n) is 8.92. The first-order valence-corrected chi connectivity index (χ1v) is 13.4. The lowest BCUT2D eigenvalue weighted by atomic mass is 10.2. The fourth-order valence-corrected chi connectivity index (χ4v) is 5.58. The molecule has 0 radical (unpaired) electrons. The Balaban J connectivity index is 1.10. The lowest BCUT2D eigenvalue weighted by Crippen LogP contribution is -2.46. The zero-order chi connectivity index (χ0) is 24.9. The van der Waals surface area contributed by atoms with Gasteiger partial charge in [-0.05, 0) is 73.5 Å². The molecule has 1 aliphatic rings. The summed E-state index contributed by atoms with van der Waals surface area (Å²) in [5.74, 6) is 0.641. The third kappa shape index (κ3) is 5.24. The van der Waals surface area contributed by atoms with Crippen LogP contribution in [0.4, 0.5) is 10.5 Å². The number of benzene rings is 2. The maximum Gasteiger partial charge on any atom is 0.421 e. The van der Waals surface area contributed by atoms with E-state index in [2.05, 4.69) is 39.4 Å². The number of unbranched alkanes of at least 4 members (excludes halogenated alkanes) is 1. The van der Waals surface area contributed by atoms with Crippen molar-refractivity contribution in [3.05, 3.63) is 70.3 Å². The summed E-state index contributed by atoms with van der Waals surface area (Å²) in [5.41, 5.74) is 1.44. The van der Waals surface area contributed by atoms with Gasteiger partial charge in [0.1, 0.15) is 5.75 Å². The van der Waals surface area contributed by atoms with Crippen LogP contribution in [0, 0.1) is 0 Å². The van der Waals surface area contributed by atoms with Crippen molar-refractivity contribution in [2.45, 2.75) is 19.8 Å². The molecule has 8 heteroatoms. The number of ether oxygens (including phenoxy) is 2. The van der Waals surface area contributed by atoms with Crippen LogP contribution < -0.4 is 15.2 Å². The number of thiophene rings is 1. The summed E-state index contributed by atoms with van der Waals surface area (Å²) >= 11 is 1.80. The summed E-state index contributed by atoms with van der Waals surface area (Å²) in [7, 11) is 0. The van der Waals surface area contributed by atoms with Crippen molar-refractivity contribution in [3.63, 3.8) is 0 Å². The van der Waals surface area contributed by atoms with E-state index in [1.165, 1.54) is 21.8 Å². The highest BCUT2D eigenvalue weighted by Crippen LogP contribution is 2.31. The first-order chi connectivity index (χ1) is 17.6. The number of rotatable bonds is 8. The monoisotopic (exact) mass is 505 g/mol. The topological polar surface area (TPSA) is 64.0 Å². The number of hydrogen-bond acceptors (Lipinski definition) is 7. The van der Waals surface area contributed by atoms with E-state index in [9.17, 15) is 9.59 Å². The van der Waals surface area contributed by atoms with Gasteiger partial charge in [0.05, 0.1) is 18.7 Å². The molecule has 188 valence electrons. The molecule has 0 atom stereocenters. The molecule has 0 aliphatic carbocycles. The van der Waals surface area contributed by atoms with Crippen LogP contribution in [0.25, 0.3) is 21.0 Å². The standard InChI is InChI=1S/C28H31N3O4S/c1-2-34-28(33)31-25-20-22(10-8-21(25)9-11-27(31)32)35-18-4-3-13-29-14-16-30(17-15-29)24-6-5-7-26-23(24)12-19-36-26/h5-12,19-20H,2-4,13-18H2,1H3. The van der Waals surface area contributed by atoms with Crippen LogP contribution in [0.5, 0.6) is 5.75 Å². The summed E-state index contributed by atoms with van der Waals surface area (Å²) < 4.78 is 13.4. The van der Waals surface area contributed by atoms with E-state index >= 15 is 0 Å². The maximum absolute atomic E-state index is 12.3. The molecule has 2 aromatic carbocycles. The molecular formula is C28H31N3O4S. The highest BCUT2D eigenvalue weighted by atomic mass is 32.1. The molecule has 0 unspecified atom stereocenters. The van der Waals surface area contributed by atoms with Crippen molar-refractivity contribution in [2.75, 3.05) is 50.8 Å². The lowest BCUT2D eigenvalue weighted by molar-refractivity contribution is 0.154. The van der Waals surface area contributed by atoms with Gasteiger partial charge in [0.2, 0.25) is 0 Å². The van der Waals surface area contributed by atoms with Crippen molar-refractivity contribution in [1.82, 2.24) is 9.47 Å². The minimum atomic E-state index is -0.669. The summed E-state index contributed by atoms with van der Waals surface area (Å²) in [5, 5.41) is 4.31. The lowest BCUT2D eigenvalue weighted by Gasteiger charge is -2.36. The SMILES string of the molecule is CCOC(=O)n1c(=O)ccc2ccc(OCCCCN3CCN(c4cccc5sccc45)CC3)cc21. The van der Waals surface area contributed by atoms with Gasteiger partial charge in [0.25, 0.3) is 5.56 Å². The number of aromatic nitrogens is 1. The molecule has 0 N–H and O–H groups in total. The molecular weight excluding hydrogens is 474 g/mol. The Morgan fingerprint density at radius 2 is 1.83 bits per heavy atom. The minimum Gasteiger partial charge on any atom is -0.494 e. The van der Waals surface area contributed by atoms with E-state index < -0.39 is 11.7 Å². The van der Waals surface area contributed by atoms with Gasteiger partial charge >= 0.3 is 6.09 Å². The van der Waals surface area contributed by atoms with Gasteiger partial charge in [0.15, 0.2) is 0 Å². The van der Waals surface area contributed by atoms with E-state index in [4.69, 9.17) is 9.47 Å². The molecule has 2 aromatic heterocycles. The molecule has 0 saturated carbocycles. The van der Waals surface area contributed by atoms with Gasteiger partial charge < -0.3 is 14.4 Å². The Kier molecular flexibility index (Phi) is 7.53. The fraction of sp³-hybridized carbons (Fsp3) is 0.357. The van der Waals surface area contributed by atoms with Gasteiger partial charge in [-0.15, -0.1) is 11.3 Å². The minimum absolute atomic E-state index is 0.206. The molecule has 0 spiro atoms. The smallest absolute Gasteiger partial charge is 0.421 e. The fourth-order valence-electron chi connectivity index (χ4n) is 4.77. The third-order valence-corrected chi connectivity index (χ3v) is 7.52. The highest BCUT2D eigenvalue weighted by molar-refractivity contribution is 7.17. The predicted molar refractivity (Wildman–Crippen MR) is 146 cm³/mol. The Hall–Kier alpha value is -3.36. The molecule has 0 bridgehead atoms. The van der Waals surface area contributed by atoms with E-state index in [1.807, 2.05) is 12.1 Å². The van der Waals surface area contributed by atoms with Crippen LogP contribution in [0.3, 0.4) is 0 Å². The van der Waals surface area contributed by atoms with E-state index in [0.717, 1.165) is 55.5 Å². The van der Waals surface area contributed by atoms with Crippen LogP contribution in [0.2, 0.25) is 0 Å². The number of nitrogens with zero attached hydrogens (tertiary/aromatic N) is 3. The molecule has 1 fully saturated rings. The average molecular weight is 506 g/mol. The first-order valence-electron chi connectivity index (χ1n) is 12.5. The Morgan fingerprint density at radius 1 is 1.00 bits per heavy atom. The van der Waals surface area contributed by atoms with Crippen LogP contribution in [0.15, 0.2) is 64.8 Å². The number of piperazine rings is 1. The number of carbonyl (C=O) groups is 1. The zero-order valence-corrected chi connectivity index (χ0v) is 21.3. The first kappa shape index (κ1) is 24.3. The Labute approximate surface area is 214 Å². The van der Waals surface area contributed by atoms with Crippen molar-refractivity contribution < 1.29 is 14.3 Å². The Morgan fingerprint density at radius 3 is 2.67 bits per heavy atom. The molecule has 0 amide bonds. The second kappa shape index (κ2) is 11.1. The largest absolute Gasteiger partial charge is 0.494 e. The quantitative estimate of drug-likeness (QED) is 0.307. The van der Waals surface area contributed by atoms with E-state index in [-0.39, 0.29) is 6.61 Å². The molecule has 3 heterocycles. The van der Waals surface area contributed by atoms with Crippen LogP contribution in [-0.4, -0.2) is 61.5 Å². The van der Waals surface area contributed by atoms with Crippen LogP contribution >= 0.6 is 11.3 Å². The number of pyridine rings is 1. The number of anilines is 1. The van der Waals surface area contributed by atoms with Gasteiger partial charge in [-0.3, -0.25) is 9.69 Å². The second-order valence-corrected chi connectivity index (χ2v) is 9.87. The highest BCUT2D eigenvalue weighted by Gasteiger charge is 2.18. The van der Waals surface area contributed by atoms with Gasteiger partial charge in [-0.2, -0.15) is 0 Å². The van der Waals surface area contributed by atoms with E-state index in [0.29, 0.717) is 17.9 Å². The predicted octanol–water partition coefficient (Wildman–Crippen LogP) is 5.20. The summed E-state index contributed by atoms with van der Waals surface area (Å²) in [4.78, 5) is 29.6. The summed E-state index contributed by atoms with van der Waals surface area (Å²) in [6, 6.07) is 17.4. The van der Waals surface area contributed by atoms with E-state index in [1.54, 1.807) is 30.4 Å². The molecule has 36 heavy (non-hydrogen) atoms. The van der Waals surface area contributed by atoms with Crippen molar-refractivity contribution in [2.24, 2.45) is 0 Å². The molecule has 1 saturated heterocycles. The van der Waals surface area contributed by atoms with Crippen LogP contribution in [0.1, 0.15) is 19.8 Å². The Bertz CT molecular complexity index is 1400. The number of carbonyl (C=O) groups excluding carboxylic acids is 1. The maximum atomic E-state index is 12.3. The van der Waals surface area contributed by atoms with Gasteiger partial charge in [0, 0.05) is 54.1 Å². The zero-order valence-electron chi connectivity index (χ0n) is 20.5. The normalized spacial score (nSPS) is 14.4. The van der Waals surface area contributed by atoms with Crippen LogP contribution in [-0.2, 0) is 4.74 Å². The summed E-state index contributed by atoms with van der Waals surface area (Å²) in [6.07, 6.45) is 1.32. The van der Waals surface area contributed by atoms with Crippen molar-refractivity contribution in [3.8, 4) is 5.75 Å². The summed E-state index contributed by atoms with van der Waals surface area (Å²) in [6.45, 7) is 7.79. The van der Waals surface area contributed by atoms with Gasteiger partial charge in [-0.25, -0.2) is 9.36 Å². The van der Waals surface area contributed by atoms with Crippen molar-refractivity contribution >= 4 is 44.1 Å². The number of hydrogen-bond donors (Lipinski definition) is 0. The molecule has 5 rings (SSSR count). The molecule has 1 aliphatic heterocycles.